The monoisotopic (exact) mass is 342 g/mol. The molecular formula is C14H19BrN2O3. The molecule has 1 aromatic rings. The number of anilines is 1. The van der Waals surface area contributed by atoms with Crippen molar-refractivity contribution in [3.63, 3.8) is 0 Å². The minimum absolute atomic E-state index is 0.0571. The van der Waals surface area contributed by atoms with Crippen molar-refractivity contribution in [3.8, 4) is 5.75 Å². The zero-order valence-corrected chi connectivity index (χ0v) is 12.9. The van der Waals surface area contributed by atoms with Gasteiger partial charge >= 0.3 is 6.03 Å². The number of hydrogen-bond acceptors (Lipinski definition) is 3. The fourth-order valence-corrected chi connectivity index (χ4v) is 3.07. The molecule has 1 aromatic carbocycles. The summed E-state index contributed by atoms with van der Waals surface area (Å²) in [4.78, 5) is 11.9. The van der Waals surface area contributed by atoms with Crippen molar-refractivity contribution in [2.45, 2.75) is 25.3 Å². The SMILES string of the molecule is COc1ccc(NC(=O)NC2CCCC2CO)cc1Br. The molecule has 2 unspecified atom stereocenters. The van der Waals surface area contributed by atoms with Crippen molar-refractivity contribution in [1.29, 1.82) is 0 Å². The molecule has 0 heterocycles. The second-order valence-corrected chi connectivity index (χ2v) is 5.78. The highest BCUT2D eigenvalue weighted by Gasteiger charge is 2.27. The number of carbonyl (C=O) groups is 1. The first-order valence-electron chi connectivity index (χ1n) is 6.66. The molecule has 0 bridgehead atoms. The van der Waals surface area contributed by atoms with Crippen LogP contribution in [-0.4, -0.2) is 30.9 Å². The highest BCUT2D eigenvalue weighted by atomic mass is 79.9. The lowest BCUT2D eigenvalue weighted by Crippen LogP contribution is -2.41. The number of aliphatic hydroxyl groups is 1. The van der Waals surface area contributed by atoms with Crippen LogP contribution in [0.4, 0.5) is 10.5 Å². The third kappa shape index (κ3) is 3.64. The molecule has 20 heavy (non-hydrogen) atoms. The van der Waals surface area contributed by atoms with Gasteiger partial charge in [-0.25, -0.2) is 4.79 Å². The predicted octanol–water partition coefficient (Wildman–Crippen LogP) is 2.74. The Morgan fingerprint density at radius 3 is 2.95 bits per heavy atom. The van der Waals surface area contributed by atoms with Gasteiger partial charge in [0, 0.05) is 24.3 Å². The number of methoxy groups -OCH3 is 1. The minimum atomic E-state index is -0.243. The fourth-order valence-electron chi connectivity index (χ4n) is 2.53. The first-order valence-corrected chi connectivity index (χ1v) is 7.45. The van der Waals surface area contributed by atoms with Gasteiger partial charge in [0.15, 0.2) is 0 Å². The maximum Gasteiger partial charge on any atom is 0.319 e. The van der Waals surface area contributed by atoms with E-state index in [0.717, 1.165) is 23.7 Å². The van der Waals surface area contributed by atoms with E-state index in [9.17, 15) is 9.90 Å². The van der Waals surface area contributed by atoms with E-state index in [1.54, 1.807) is 25.3 Å². The van der Waals surface area contributed by atoms with E-state index in [0.29, 0.717) is 11.4 Å². The van der Waals surface area contributed by atoms with E-state index in [1.165, 1.54) is 0 Å². The fraction of sp³-hybridized carbons (Fsp3) is 0.500. The van der Waals surface area contributed by atoms with Crippen LogP contribution in [0.3, 0.4) is 0 Å². The highest BCUT2D eigenvalue weighted by molar-refractivity contribution is 9.10. The Balaban J connectivity index is 1.92. The van der Waals surface area contributed by atoms with Gasteiger partial charge in [-0.3, -0.25) is 0 Å². The number of carbonyl (C=O) groups excluding carboxylic acids is 1. The molecule has 2 atom stereocenters. The molecular weight excluding hydrogens is 324 g/mol. The van der Waals surface area contributed by atoms with Crippen LogP contribution in [-0.2, 0) is 0 Å². The summed E-state index contributed by atoms with van der Waals surface area (Å²) in [5, 5.41) is 14.9. The lowest BCUT2D eigenvalue weighted by Gasteiger charge is -2.19. The normalized spacial score (nSPS) is 21.6. The van der Waals surface area contributed by atoms with E-state index in [4.69, 9.17) is 4.74 Å². The summed E-state index contributed by atoms with van der Waals surface area (Å²) < 4.78 is 5.92. The van der Waals surface area contributed by atoms with Gasteiger partial charge in [0.2, 0.25) is 0 Å². The Kier molecular flexibility index (Phi) is 5.25. The maximum absolute atomic E-state index is 11.9. The van der Waals surface area contributed by atoms with Crippen molar-refractivity contribution in [3.05, 3.63) is 22.7 Å². The van der Waals surface area contributed by atoms with E-state index in [-0.39, 0.29) is 24.6 Å². The van der Waals surface area contributed by atoms with Gasteiger partial charge in [-0.15, -0.1) is 0 Å². The van der Waals surface area contributed by atoms with Crippen LogP contribution >= 0.6 is 15.9 Å². The Morgan fingerprint density at radius 2 is 2.30 bits per heavy atom. The topological polar surface area (TPSA) is 70.6 Å². The molecule has 0 saturated heterocycles. The summed E-state index contributed by atoms with van der Waals surface area (Å²) in [6, 6.07) is 5.16. The summed E-state index contributed by atoms with van der Waals surface area (Å²) in [5.74, 6) is 0.885. The average Bonchev–Trinajstić information content (AvgIpc) is 2.86. The molecule has 0 aromatic heterocycles. The molecule has 1 saturated carbocycles. The van der Waals surface area contributed by atoms with Crippen LogP contribution in [0.25, 0.3) is 0 Å². The molecule has 1 fully saturated rings. The number of urea groups is 1. The molecule has 5 nitrogen and oxygen atoms in total. The standard InChI is InChI=1S/C14H19BrN2O3/c1-20-13-6-5-10(7-11(13)15)16-14(19)17-12-4-2-3-9(12)8-18/h5-7,9,12,18H,2-4,8H2,1H3,(H2,16,17,19). The van der Waals surface area contributed by atoms with E-state index < -0.39 is 0 Å². The number of benzene rings is 1. The largest absolute Gasteiger partial charge is 0.496 e. The van der Waals surface area contributed by atoms with Crippen molar-refractivity contribution in [2.24, 2.45) is 5.92 Å². The summed E-state index contributed by atoms with van der Waals surface area (Å²) in [6.07, 6.45) is 2.94. The number of rotatable bonds is 4. The van der Waals surface area contributed by atoms with Gasteiger partial charge in [0.05, 0.1) is 11.6 Å². The van der Waals surface area contributed by atoms with Crippen LogP contribution in [0, 0.1) is 5.92 Å². The molecule has 6 heteroatoms. The average molecular weight is 343 g/mol. The molecule has 0 radical (unpaired) electrons. The summed E-state index contributed by atoms with van der Waals surface area (Å²) in [7, 11) is 1.59. The lowest BCUT2D eigenvalue weighted by atomic mass is 10.1. The van der Waals surface area contributed by atoms with Crippen LogP contribution in [0.2, 0.25) is 0 Å². The van der Waals surface area contributed by atoms with E-state index in [2.05, 4.69) is 26.6 Å². The van der Waals surface area contributed by atoms with Crippen LogP contribution in [0.5, 0.6) is 5.75 Å². The zero-order chi connectivity index (χ0) is 14.5. The number of halogens is 1. The van der Waals surface area contributed by atoms with Crippen molar-refractivity contribution < 1.29 is 14.6 Å². The summed E-state index contributed by atoms with van der Waals surface area (Å²) >= 11 is 3.38. The number of aliphatic hydroxyl groups excluding tert-OH is 1. The first-order chi connectivity index (χ1) is 9.63. The summed E-state index contributed by atoms with van der Waals surface area (Å²) in [6.45, 7) is 0.124. The summed E-state index contributed by atoms with van der Waals surface area (Å²) in [5.41, 5.74) is 0.689. The molecule has 110 valence electrons. The molecule has 2 amide bonds. The van der Waals surface area contributed by atoms with Crippen LogP contribution < -0.4 is 15.4 Å². The van der Waals surface area contributed by atoms with Crippen LogP contribution in [0.15, 0.2) is 22.7 Å². The zero-order valence-electron chi connectivity index (χ0n) is 11.4. The van der Waals surface area contributed by atoms with Gasteiger partial charge in [0.1, 0.15) is 5.75 Å². The van der Waals surface area contributed by atoms with Crippen molar-refractivity contribution in [2.75, 3.05) is 19.0 Å². The number of ether oxygens (including phenoxy) is 1. The lowest BCUT2D eigenvalue weighted by molar-refractivity contribution is 0.203. The second kappa shape index (κ2) is 6.95. The second-order valence-electron chi connectivity index (χ2n) is 4.93. The number of hydrogen-bond donors (Lipinski definition) is 3. The molecule has 2 rings (SSSR count). The predicted molar refractivity (Wildman–Crippen MR) is 81.1 cm³/mol. The molecule has 1 aliphatic carbocycles. The Bertz CT molecular complexity index is 481. The van der Waals surface area contributed by atoms with Gasteiger partial charge in [0.25, 0.3) is 0 Å². The third-order valence-electron chi connectivity index (χ3n) is 3.62. The maximum atomic E-state index is 11.9. The third-order valence-corrected chi connectivity index (χ3v) is 4.24. The van der Waals surface area contributed by atoms with E-state index >= 15 is 0 Å². The minimum Gasteiger partial charge on any atom is -0.496 e. The molecule has 3 N–H and O–H groups in total. The first kappa shape index (κ1) is 15.1. The smallest absolute Gasteiger partial charge is 0.319 e. The van der Waals surface area contributed by atoms with Gasteiger partial charge in [-0.05, 0) is 47.0 Å². The van der Waals surface area contributed by atoms with Gasteiger partial charge < -0.3 is 20.5 Å². The number of nitrogens with one attached hydrogen (secondary N) is 2. The highest BCUT2D eigenvalue weighted by Crippen LogP contribution is 2.28. The Labute approximate surface area is 126 Å². The van der Waals surface area contributed by atoms with Crippen molar-refractivity contribution in [1.82, 2.24) is 5.32 Å². The van der Waals surface area contributed by atoms with E-state index in [1.807, 2.05) is 0 Å². The van der Waals surface area contributed by atoms with Gasteiger partial charge in [-0.1, -0.05) is 6.42 Å². The molecule has 0 spiro atoms. The quantitative estimate of drug-likeness (QED) is 0.787. The molecule has 0 aliphatic heterocycles. The van der Waals surface area contributed by atoms with Crippen molar-refractivity contribution >= 4 is 27.6 Å². The Morgan fingerprint density at radius 1 is 1.50 bits per heavy atom. The number of amides is 2. The van der Waals surface area contributed by atoms with Crippen LogP contribution in [0.1, 0.15) is 19.3 Å². The Hall–Kier alpha value is -1.27. The van der Waals surface area contributed by atoms with Gasteiger partial charge in [-0.2, -0.15) is 0 Å². The molecule has 1 aliphatic rings.